The summed E-state index contributed by atoms with van der Waals surface area (Å²) in [7, 11) is 0. The molecule has 3 heterocycles. The number of carbonyl (C=O) groups is 1. The molecular formula is C18H30IN5OS. The van der Waals surface area contributed by atoms with Crippen molar-refractivity contribution in [3.05, 3.63) is 17.5 Å². The van der Waals surface area contributed by atoms with E-state index in [1.807, 2.05) is 4.90 Å². The van der Waals surface area contributed by atoms with Crippen molar-refractivity contribution in [3.8, 4) is 0 Å². The first-order valence-corrected chi connectivity index (χ1v) is 10.3. The van der Waals surface area contributed by atoms with Crippen molar-refractivity contribution in [2.75, 3.05) is 57.3 Å². The van der Waals surface area contributed by atoms with E-state index in [-0.39, 0.29) is 36.4 Å². The zero-order chi connectivity index (χ0) is 17.5. The van der Waals surface area contributed by atoms with E-state index >= 15 is 0 Å². The highest BCUT2D eigenvalue weighted by Gasteiger charge is 2.21. The lowest BCUT2D eigenvalue weighted by Gasteiger charge is -2.37. The average molecular weight is 491 g/mol. The van der Waals surface area contributed by atoms with Crippen molar-refractivity contribution < 1.29 is 4.79 Å². The Bertz CT molecular complexity index is 566. The molecule has 0 aliphatic carbocycles. The Morgan fingerprint density at radius 2 is 1.85 bits per heavy atom. The normalized spacial score (nSPS) is 18.5. The zero-order valence-electron chi connectivity index (χ0n) is 15.5. The van der Waals surface area contributed by atoms with Gasteiger partial charge in [-0.3, -0.25) is 4.79 Å². The summed E-state index contributed by atoms with van der Waals surface area (Å²) in [6.07, 6.45) is 3.49. The van der Waals surface area contributed by atoms with Gasteiger partial charge in [-0.1, -0.05) is 0 Å². The predicted octanol–water partition coefficient (Wildman–Crippen LogP) is 2.47. The molecule has 2 saturated heterocycles. The van der Waals surface area contributed by atoms with Crippen LogP contribution in [0.1, 0.15) is 26.2 Å². The first-order valence-electron chi connectivity index (χ1n) is 9.37. The molecule has 6 nitrogen and oxygen atoms in total. The lowest BCUT2D eigenvalue weighted by Crippen LogP contribution is -2.52. The number of piperidine rings is 1. The van der Waals surface area contributed by atoms with Gasteiger partial charge in [0.15, 0.2) is 5.96 Å². The molecule has 1 amide bonds. The Kier molecular flexibility index (Phi) is 8.97. The van der Waals surface area contributed by atoms with E-state index in [4.69, 9.17) is 0 Å². The molecule has 3 rings (SSSR count). The van der Waals surface area contributed by atoms with E-state index in [1.54, 1.807) is 11.3 Å². The summed E-state index contributed by atoms with van der Waals surface area (Å²) in [5, 5.41) is 6.81. The van der Waals surface area contributed by atoms with Crippen LogP contribution >= 0.6 is 35.3 Å². The lowest BCUT2D eigenvalue weighted by atomic mass is 10.1. The number of hydrogen-bond acceptors (Lipinski definition) is 4. The Labute approximate surface area is 177 Å². The van der Waals surface area contributed by atoms with Crippen molar-refractivity contribution in [1.82, 2.24) is 15.1 Å². The maximum atomic E-state index is 12.4. The molecule has 0 unspecified atom stereocenters. The van der Waals surface area contributed by atoms with Crippen LogP contribution in [0.2, 0.25) is 0 Å². The number of amides is 1. The van der Waals surface area contributed by atoms with Crippen molar-refractivity contribution >= 4 is 52.2 Å². The summed E-state index contributed by atoms with van der Waals surface area (Å²) in [5.41, 5.74) is 0. The fourth-order valence-electron chi connectivity index (χ4n) is 3.40. The molecule has 1 aromatic heterocycles. The minimum absolute atomic E-state index is 0. The maximum Gasteiger partial charge on any atom is 0.244 e. The van der Waals surface area contributed by atoms with Gasteiger partial charge < -0.3 is 20.0 Å². The molecule has 8 heteroatoms. The summed E-state index contributed by atoms with van der Waals surface area (Å²) < 4.78 is 0. The number of piperazine rings is 1. The molecule has 0 spiro atoms. The van der Waals surface area contributed by atoms with Crippen LogP contribution in [0.15, 0.2) is 22.5 Å². The van der Waals surface area contributed by atoms with Gasteiger partial charge in [0.05, 0.1) is 5.00 Å². The smallest absolute Gasteiger partial charge is 0.244 e. The van der Waals surface area contributed by atoms with Crippen LogP contribution in [0.4, 0.5) is 5.00 Å². The molecule has 2 aliphatic heterocycles. The van der Waals surface area contributed by atoms with E-state index in [0.717, 1.165) is 64.6 Å². The Morgan fingerprint density at radius 3 is 2.46 bits per heavy atom. The summed E-state index contributed by atoms with van der Waals surface area (Å²) in [4.78, 5) is 23.6. The van der Waals surface area contributed by atoms with Gasteiger partial charge in [0, 0.05) is 45.8 Å². The minimum Gasteiger partial charge on any atom is -0.360 e. The SMILES string of the molecule is CCNC(=NCC(=O)N1CCCCC1)N1CCN(c2cccs2)CC1.I. The van der Waals surface area contributed by atoms with Gasteiger partial charge in [-0.25, -0.2) is 4.99 Å². The number of aliphatic imine (C=N–C) groups is 1. The number of carbonyl (C=O) groups excluding carboxylic acids is 1. The van der Waals surface area contributed by atoms with Gasteiger partial charge in [0.2, 0.25) is 5.91 Å². The number of nitrogens with one attached hydrogen (secondary N) is 1. The molecule has 1 aromatic rings. The number of thiophene rings is 1. The van der Waals surface area contributed by atoms with Crippen LogP contribution in [0.5, 0.6) is 0 Å². The van der Waals surface area contributed by atoms with Gasteiger partial charge >= 0.3 is 0 Å². The Morgan fingerprint density at radius 1 is 1.12 bits per heavy atom. The maximum absolute atomic E-state index is 12.4. The number of hydrogen-bond donors (Lipinski definition) is 1. The third-order valence-corrected chi connectivity index (χ3v) is 5.73. The number of halogens is 1. The molecule has 2 aliphatic rings. The van der Waals surface area contributed by atoms with Gasteiger partial charge in [-0.05, 0) is 43.7 Å². The Balaban J connectivity index is 0.00000243. The van der Waals surface area contributed by atoms with Crippen LogP contribution in [0.25, 0.3) is 0 Å². The van der Waals surface area contributed by atoms with Crippen LogP contribution in [-0.2, 0) is 4.79 Å². The monoisotopic (exact) mass is 491 g/mol. The highest BCUT2D eigenvalue weighted by molar-refractivity contribution is 14.0. The molecule has 0 bridgehead atoms. The van der Waals surface area contributed by atoms with E-state index < -0.39 is 0 Å². The predicted molar refractivity (Wildman–Crippen MR) is 120 cm³/mol. The van der Waals surface area contributed by atoms with Crippen molar-refractivity contribution in [3.63, 3.8) is 0 Å². The third-order valence-electron chi connectivity index (χ3n) is 4.80. The van der Waals surface area contributed by atoms with Crippen LogP contribution in [0.3, 0.4) is 0 Å². The van der Waals surface area contributed by atoms with Crippen LogP contribution < -0.4 is 10.2 Å². The van der Waals surface area contributed by atoms with Crippen molar-refractivity contribution in [2.45, 2.75) is 26.2 Å². The van der Waals surface area contributed by atoms with Crippen molar-refractivity contribution in [1.29, 1.82) is 0 Å². The van der Waals surface area contributed by atoms with Gasteiger partial charge in [-0.15, -0.1) is 35.3 Å². The zero-order valence-corrected chi connectivity index (χ0v) is 18.7. The molecule has 0 aromatic carbocycles. The average Bonchev–Trinajstić information content (AvgIpc) is 3.20. The minimum atomic E-state index is 0. The second kappa shape index (κ2) is 11.0. The molecule has 26 heavy (non-hydrogen) atoms. The number of rotatable bonds is 4. The third kappa shape index (κ3) is 5.73. The van der Waals surface area contributed by atoms with E-state index in [0.29, 0.717) is 0 Å². The topological polar surface area (TPSA) is 51.2 Å². The fourth-order valence-corrected chi connectivity index (χ4v) is 4.19. The standard InChI is InChI=1S/C18H29N5OS.HI/c1-2-19-18(20-15-16(24)21-8-4-3-5-9-21)23-12-10-22(11-13-23)17-7-6-14-25-17;/h6-7,14H,2-5,8-13,15H2,1H3,(H,19,20);1H. The molecule has 1 N–H and O–H groups in total. The number of anilines is 1. The van der Waals surface area contributed by atoms with Crippen LogP contribution in [-0.4, -0.2) is 74.0 Å². The molecule has 0 atom stereocenters. The summed E-state index contributed by atoms with van der Waals surface area (Å²) in [5.74, 6) is 1.03. The van der Waals surface area contributed by atoms with E-state index in [1.165, 1.54) is 11.4 Å². The van der Waals surface area contributed by atoms with Crippen LogP contribution in [0, 0.1) is 0 Å². The largest absolute Gasteiger partial charge is 0.360 e. The van der Waals surface area contributed by atoms with Crippen molar-refractivity contribution in [2.24, 2.45) is 4.99 Å². The van der Waals surface area contributed by atoms with Gasteiger partial charge in [-0.2, -0.15) is 0 Å². The fraction of sp³-hybridized carbons (Fsp3) is 0.667. The highest BCUT2D eigenvalue weighted by atomic mass is 127. The highest BCUT2D eigenvalue weighted by Crippen LogP contribution is 2.22. The quantitative estimate of drug-likeness (QED) is 0.400. The van der Waals surface area contributed by atoms with Gasteiger partial charge in [0.1, 0.15) is 6.54 Å². The summed E-state index contributed by atoms with van der Waals surface area (Å²) in [6, 6.07) is 4.28. The number of guanidine groups is 1. The number of nitrogens with zero attached hydrogens (tertiary/aromatic N) is 4. The molecule has 146 valence electrons. The first kappa shape index (κ1) is 21.3. The second-order valence-electron chi connectivity index (χ2n) is 6.54. The van der Waals surface area contributed by atoms with Gasteiger partial charge in [0.25, 0.3) is 0 Å². The Hall–Kier alpha value is -1.03. The second-order valence-corrected chi connectivity index (χ2v) is 7.46. The molecule has 0 saturated carbocycles. The summed E-state index contributed by atoms with van der Waals surface area (Å²) in [6.45, 7) is 8.78. The molecular weight excluding hydrogens is 461 g/mol. The number of likely N-dealkylation sites (tertiary alicyclic amines) is 1. The molecule has 2 fully saturated rings. The van der Waals surface area contributed by atoms with E-state index in [9.17, 15) is 4.79 Å². The lowest BCUT2D eigenvalue weighted by molar-refractivity contribution is -0.130. The van der Waals surface area contributed by atoms with E-state index in [2.05, 4.69) is 44.5 Å². The first-order chi connectivity index (χ1) is 12.3. The summed E-state index contributed by atoms with van der Waals surface area (Å²) >= 11 is 1.79. The molecule has 0 radical (unpaired) electrons.